The van der Waals surface area contributed by atoms with Gasteiger partial charge in [0.05, 0.1) is 37.8 Å². The normalized spacial score (nSPS) is 12.8. The van der Waals surface area contributed by atoms with Crippen molar-refractivity contribution in [3.63, 3.8) is 0 Å². The third-order valence-corrected chi connectivity index (χ3v) is 9.73. The molecule has 0 fully saturated rings. The summed E-state index contributed by atoms with van der Waals surface area (Å²) in [5, 5.41) is 23.8. The highest BCUT2D eigenvalue weighted by Crippen LogP contribution is 2.55. The summed E-state index contributed by atoms with van der Waals surface area (Å²) in [5.74, 6) is 1.00. The van der Waals surface area contributed by atoms with Gasteiger partial charge in [-0.25, -0.2) is 0 Å². The van der Waals surface area contributed by atoms with Crippen molar-refractivity contribution < 1.29 is 19.3 Å². The van der Waals surface area contributed by atoms with Crippen molar-refractivity contribution >= 4 is 60.5 Å². The van der Waals surface area contributed by atoms with Crippen molar-refractivity contribution in [2.24, 2.45) is 0 Å². The molecule has 8 nitrogen and oxygen atoms in total. The van der Waals surface area contributed by atoms with Crippen LogP contribution in [0.3, 0.4) is 0 Å². The number of ether oxygens (including phenoxy) is 3. The number of aromatic hydroxyl groups is 1. The lowest BCUT2D eigenvalue weighted by Crippen LogP contribution is -2.17. The Hall–Kier alpha value is -4.46. The molecular weight excluding hydrogens is 592 g/mol. The van der Waals surface area contributed by atoms with Gasteiger partial charge in [-0.2, -0.15) is 0 Å². The molecule has 5 aromatic rings. The van der Waals surface area contributed by atoms with Gasteiger partial charge in [-0.05, 0) is 31.6 Å². The second-order valence-electron chi connectivity index (χ2n) is 12.8. The molecule has 1 aliphatic rings. The van der Waals surface area contributed by atoms with Crippen molar-refractivity contribution in [2.75, 3.05) is 45.1 Å². The highest BCUT2D eigenvalue weighted by atomic mass is 16.5. The molecule has 0 spiro atoms. The van der Waals surface area contributed by atoms with Gasteiger partial charge in [0.2, 0.25) is 5.43 Å². The topological polar surface area (TPSA) is 106 Å². The Balaban J connectivity index is 1.85. The van der Waals surface area contributed by atoms with Crippen LogP contribution >= 0.6 is 0 Å². The van der Waals surface area contributed by atoms with E-state index in [1.54, 1.807) is 7.11 Å². The van der Waals surface area contributed by atoms with E-state index < -0.39 is 0 Å². The number of unbranched alkanes of at least 4 members (excludes halogenated alkanes) is 6. The van der Waals surface area contributed by atoms with E-state index >= 15 is 0 Å². The fourth-order valence-electron chi connectivity index (χ4n) is 7.61. The Morgan fingerprint density at radius 2 is 1.32 bits per heavy atom. The van der Waals surface area contributed by atoms with E-state index in [1.807, 2.05) is 13.0 Å². The molecule has 0 heterocycles. The number of hydrogen-bond donors (Lipinski definition) is 3. The zero-order valence-corrected chi connectivity index (χ0v) is 28.5. The van der Waals surface area contributed by atoms with Crippen molar-refractivity contribution in [3.8, 4) is 23.0 Å². The third kappa shape index (κ3) is 5.22. The fourth-order valence-corrected chi connectivity index (χ4v) is 7.61. The first-order valence-corrected chi connectivity index (χ1v) is 17.0. The molecule has 0 amide bonds. The maximum absolute atomic E-state index is 14.9. The van der Waals surface area contributed by atoms with Crippen LogP contribution in [0.15, 0.2) is 27.3 Å². The van der Waals surface area contributed by atoms with Crippen LogP contribution in [0.25, 0.3) is 49.2 Å². The largest absolute Gasteiger partial charge is 0.504 e. The molecule has 0 atom stereocenters. The number of hydrogen-bond acceptors (Lipinski definition) is 8. The van der Waals surface area contributed by atoms with E-state index in [0.29, 0.717) is 51.7 Å². The Bertz CT molecular complexity index is 2120. The predicted octanol–water partition coefficient (Wildman–Crippen LogP) is 8.57. The first-order valence-electron chi connectivity index (χ1n) is 17.0. The quantitative estimate of drug-likeness (QED) is 0.0595. The van der Waals surface area contributed by atoms with Crippen molar-refractivity contribution in [3.05, 3.63) is 49.3 Å². The zero-order valence-electron chi connectivity index (χ0n) is 28.5. The summed E-state index contributed by atoms with van der Waals surface area (Å²) < 4.78 is 17.8. The van der Waals surface area contributed by atoms with Crippen LogP contribution in [0.2, 0.25) is 0 Å². The number of anilines is 2. The molecule has 6 rings (SSSR count). The van der Waals surface area contributed by atoms with Gasteiger partial charge in [-0.1, -0.05) is 64.0 Å². The number of fused-ring (bicyclic) bond motifs is 1. The summed E-state index contributed by atoms with van der Waals surface area (Å²) in [4.78, 5) is 28.6. The number of benzene rings is 5. The van der Waals surface area contributed by atoms with Crippen molar-refractivity contribution in [2.45, 2.75) is 78.6 Å². The standard InChI is InChI=1S/C39H46N2O6/c1-7-9-11-13-15-40-24-19-26(45-4)32-33-27(46-5)20-25(42)31-35(33)29-23(39(47-6)38(31)44)18-21(3)17-22-28(29)34(32)30(24)37(43)36(22)41-16-14-12-10-8-2/h17,19-20,40-41,44H,7-16,18H2,1-6H3. The molecule has 0 radical (unpaired) electrons. The van der Waals surface area contributed by atoms with Crippen LogP contribution in [0, 0.1) is 0 Å². The molecule has 248 valence electrons. The molecule has 0 unspecified atom stereocenters. The summed E-state index contributed by atoms with van der Waals surface area (Å²) in [6, 6.07) is 3.31. The van der Waals surface area contributed by atoms with Gasteiger partial charge in [-0.3, -0.25) is 9.59 Å². The molecule has 0 saturated carbocycles. The molecule has 1 aliphatic carbocycles. The van der Waals surface area contributed by atoms with Crippen molar-refractivity contribution in [1.82, 2.24) is 0 Å². The Labute approximate surface area is 275 Å². The van der Waals surface area contributed by atoms with E-state index in [9.17, 15) is 14.7 Å². The Morgan fingerprint density at radius 3 is 1.94 bits per heavy atom. The van der Waals surface area contributed by atoms with E-state index in [0.717, 1.165) is 96.5 Å². The summed E-state index contributed by atoms with van der Waals surface area (Å²) in [6.07, 6.45) is 11.2. The van der Waals surface area contributed by atoms with E-state index in [4.69, 9.17) is 14.2 Å². The molecule has 0 aromatic heterocycles. The van der Waals surface area contributed by atoms with E-state index in [2.05, 4.69) is 30.6 Å². The van der Waals surface area contributed by atoms with Gasteiger partial charge in [-0.15, -0.1) is 0 Å². The SMILES string of the molecule is CCCCCCNc1c2c3c4c(c(OC)c(O)c5c(=O)cc(OC)c(c6c(OC)cc(NCCCCCC)c(c1=O)c63)c54)CC(C)=C2. The fraction of sp³-hybridized carbons (Fsp3) is 0.436. The summed E-state index contributed by atoms with van der Waals surface area (Å²) >= 11 is 0. The van der Waals surface area contributed by atoms with Crippen LogP contribution in [-0.4, -0.2) is 39.5 Å². The van der Waals surface area contributed by atoms with Gasteiger partial charge < -0.3 is 30.0 Å². The lowest BCUT2D eigenvalue weighted by atomic mass is 9.83. The number of rotatable bonds is 15. The summed E-state index contributed by atoms with van der Waals surface area (Å²) in [6.45, 7) is 7.79. The first kappa shape index (κ1) is 32.5. The monoisotopic (exact) mass is 638 g/mol. The highest BCUT2D eigenvalue weighted by Gasteiger charge is 2.32. The molecule has 47 heavy (non-hydrogen) atoms. The van der Waals surface area contributed by atoms with E-state index in [1.165, 1.54) is 20.3 Å². The summed E-state index contributed by atoms with van der Waals surface area (Å²) in [5.41, 5.74) is 3.38. The molecule has 5 aromatic carbocycles. The smallest absolute Gasteiger partial charge is 0.212 e. The average molecular weight is 639 g/mol. The molecule has 3 N–H and O–H groups in total. The first-order chi connectivity index (χ1) is 22.8. The van der Waals surface area contributed by atoms with Gasteiger partial charge in [0.25, 0.3) is 0 Å². The highest BCUT2D eigenvalue weighted by molar-refractivity contribution is 6.40. The zero-order chi connectivity index (χ0) is 33.4. The third-order valence-electron chi connectivity index (χ3n) is 9.73. The van der Waals surface area contributed by atoms with Gasteiger partial charge in [0.15, 0.2) is 16.9 Å². The number of phenolic OH excluding ortho intramolecular Hbond substituents is 1. The lowest BCUT2D eigenvalue weighted by Gasteiger charge is -2.24. The molecule has 0 saturated heterocycles. The second-order valence-corrected chi connectivity index (χ2v) is 12.8. The van der Waals surface area contributed by atoms with Crippen molar-refractivity contribution in [1.29, 1.82) is 0 Å². The van der Waals surface area contributed by atoms with Gasteiger partial charge in [0, 0.05) is 69.0 Å². The second kappa shape index (κ2) is 13.3. The van der Waals surface area contributed by atoms with Crippen LogP contribution in [0.1, 0.15) is 83.3 Å². The van der Waals surface area contributed by atoms with Crippen LogP contribution in [-0.2, 0) is 6.42 Å². The molecule has 0 aliphatic heterocycles. The minimum atomic E-state index is -0.367. The van der Waals surface area contributed by atoms with Gasteiger partial charge >= 0.3 is 0 Å². The molecule has 0 bridgehead atoms. The maximum Gasteiger partial charge on any atom is 0.212 e. The van der Waals surface area contributed by atoms with E-state index in [-0.39, 0.29) is 27.7 Å². The number of allylic oxidation sites excluding steroid dienone is 1. The predicted molar refractivity (Wildman–Crippen MR) is 195 cm³/mol. The number of phenols is 1. The molecule has 8 heteroatoms. The number of nitrogens with one attached hydrogen (secondary N) is 2. The lowest BCUT2D eigenvalue weighted by molar-refractivity contribution is 0.373. The van der Waals surface area contributed by atoms with Crippen LogP contribution < -0.4 is 35.7 Å². The summed E-state index contributed by atoms with van der Waals surface area (Å²) in [7, 11) is 4.67. The molecular formula is C39H46N2O6. The Morgan fingerprint density at radius 1 is 0.702 bits per heavy atom. The maximum atomic E-state index is 14.9. The minimum absolute atomic E-state index is 0.0773. The van der Waals surface area contributed by atoms with Gasteiger partial charge in [0.1, 0.15) is 11.5 Å². The number of methoxy groups -OCH3 is 3. The van der Waals surface area contributed by atoms with Crippen LogP contribution in [0.5, 0.6) is 23.0 Å². The minimum Gasteiger partial charge on any atom is -0.504 e. The van der Waals surface area contributed by atoms with Crippen LogP contribution in [0.4, 0.5) is 11.4 Å². The Kier molecular flexibility index (Phi) is 9.22. The average Bonchev–Trinajstić information content (AvgIpc) is 3.21.